The van der Waals surface area contributed by atoms with Crippen molar-refractivity contribution in [1.29, 1.82) is 0 Å². The number of benzene rings is 3. The summed E-state index contributed by atoms with van der Waals surface area (Å²) in [7, 11) is 2.60. The lowest BCUT2D eigenvalue weighted by Gasteiger charge is -2.34. The summed E-state index contributed by atoms with van der Waals surface area (Å²) >= 11 is 0. The number of carbonyl (C=O) groups excluding carboxylic acids is 6. The summed E-state index contributed by atoms with van der Waals surface area (Å²) < 4.78 is 51.3. The Balaban J connectivity index is 0.824. The van der Waals surface area contributed by atoms with Gasteiger partial charge in [-0.05, 0) is 80.3 Å². The highest BCUT2D eigenvalue weighted by Crippen LogP contribution is 2.41. The maximum Gasteiger partial charge on any atom is 0.342 e. The number of rotatable bonds is 10. The minimum atomic E-state index is -3.65. The van der Waals surface area contributed by atoms with Gasteiger partial charge in [0.1, 0.15) is 23.3 Å². The molecule has 1 aromatic heterocycles. The van der Waals surface area contributed by atoms with Crippen LogP contribution in [0.5, 0.6) is 5.75 Å². The molecule has 6 amide bonds. The minimum Gasteiger partial charge on any atom is -0.495 e. The second-order valence-corrected chi connectivity index (χ2v) is 17.1. The van der Waals surface area contributed by atoms with Gasteiger partial charge in [-0.3, -0.25) is 39.0 Å². The summed E-state index contributed by atoms with van der Waals surface area (Å²) in [4.78, 5) is 91.5. The zero-order valence-corrected chi connectivity index (χ0v) is 35.7. The smallest absolute Gasteiger partial charge is 0.342 e. The molecule has 3 N–H and O–H groups in total. The average molecular weight is 894 g/mol. The maximum atomic E-state index is 15.7. The van der Waals surface area contributed by atoms with Crippen molar-refractivity contribution in [3.63, 3.8) is 0 Å². The highest BCUT2D eigenvalue weighted by atomic mass is 19.3. The Morgan fingerprint density at radius 1 is 0.938 bits per heavy atom. The number of amides is 6. The molecule has 5 aliphatic rings. The Morgan fingerprint density at radius 3 is 2.38 bits per heavy atom. The number of hydrogen-bond acceptors (Lipinski definition) is 12. The molecule has 338 valence electrons. The monoisotopic (exact) mass is 893 g/mol. The van der Waals surface area contributed by atoms with E-state index in [1.54, 1.807) is 24.3 Å². The van der Waals surface area contributed by atoms with Crippen LogP contribution >= 0.6 is 0 Å². The fourth-order valence-electron chi connectivity index (χ4n) is 9.61. The molecule has 3 fully saturated rings. The van der Waals surface area contributed by atoms with E-state index < -0.39 is 59.8 Å². The van der Waals surface area contributed by atoms with Crippen molar-refractivity contribution in [3.8, 4) is 5.75 Å². The molecular weight excluding hydrogens is 848 g/mol. The summed E-state index contributed by atoms with van der Waals surface area (Å²) in [6.45, 7) is 0.442. The number of fused-ring (bicyclic) bond motifs is 2. The van der Waals surface area contributed by atoms with Crippen LogP contribution in [0.3, 0.4) is 0 Å². The molecule has 1 unspecified atom stereocenters. The number of ether oxygens (including phenoxy) is 1. The predicted molar refractivity (Wildman–Crippen MR) is 232 cm³/mol. The van der Waals surface area contributed by atoms with E-state index >= 15 is 13.2 Å². The Bertz CT molecular complexity index is 2620. The van der Waals surface area contributed by atoms with Crippen LogP contribution in [0.1, 0.15) is 88.0 Å². The summed E-state index contributed by atoms with van der Waals surface area (Å²) in [6, 6.07) is 13.4. The number of hydrogen-bond donors (Lipinski definition) is 3. The van der Waals surface area contributed by atoms with Gasteiger partial charge in [0.2, 0.25) is 17.8 Å². The number of nitrogens with one attached hydrogen (secondary N) is 3. The van der Waals surface area contributed by atoms with Gasteiger partial charge in [-0.15, -0.1) is 0 Å². The van der Waals surface area contributed by atoms with Crippen molar-refractivity contribution in [2.75, 3.05) is 59.1 Å². The number of nitrogens with zero attached hydrogens (tertiary/aromatic N) is 6. The highest BCUT2D eigenvalue weighted by molar-refractivity contribution is 6.25. The highest BCUT2D eigenvalue weighted by Gasteiger charge is 2.49. The first-order valence-electron chi connectivity index (χ1n) is 21.6. The van der Waals surface area contributed by atoms with Crippen molar-refractivity contribution >= 4 is 70.0 Å². The van der Waals surface area contributed by atoms with Crippen molar-refractivity contribution in [3.05, 3.63) is 88.9 Å². The summed E-state index contributed by atoms with van der Waals surface area (Å²) in [5, 5.41) is 7.87. The second kappa shape index (κ2) is 17.2. The Labute approximate surface area is 371 Å². The topological polar surface area (TPSA) is 186 Å². The van der Waals surface area contributed by atoms with Gasteiger partial charge in [-0.1, -0.05) is 31.0 Å². The Hall–Kier alpha value is -7.05. The third kappa shape index (κ3) is 8.18. The van der Waals surface area contributed by atoms with Gasteiger partial charge < -0.3 is 30.1 Å². The number of alkyl halides is 2. The minimum absolute atomic E-state index is 0.0446. The molecule has 0 spiro atoms. The van der Waals surface area contributed by atoms with Crippen LogP contribution in [0.25, 0.3) is 0 Å². The summed E-state index contributed by atoms with van der Waals surface area (Å²) in [5.74, 6) is -8.25. The van der Waals surface area contributed by atoms with E-state index in [-0.39, 0.29) is 64.5 Å². The van der Waals surface area contributed by atoms with Gasteiger partial charge in [0.05, 0.1) is 47.9 Å². The molecular formula is C46H46F3N9O7. The molecule has 16 nitrogen and oxygen atoms in total. The standard InChI is InChI=1S/C46H46F3N9O7/c1-55-35-23-50-45(54-39(35)57(28-6-3-4-7-28)24-46(48,49)44(55)64)52-32-22-31(47)30(21-36(32)65-2)40(60)51-27-12-10-25(11-13-27)20-26-16-18-56(19-17-26)33-9-5-8-29-38(33)43(63)58(42(29)62)34-14-15-37(59)53-41(34)61/h5,8-13,21-23,26,28,34H,3-4,6-7,14-20,24H2,1-2H3,(H,51,60)(H,50,52,54)(H,53,59,61). The summed E-state index contributed by atoms with van der Waals surface area (Å²) in [6.07, 6.45) is 6.83. The molecule has 5 heterocycles. The number of piperidine rings is 2. The van der Waals surface area contributed by atoms with Crippen molar-refractivity contribution in [2.45, 2.75) is 75.8 Å². The lowest BCUT2D eigenvalue weighted by Crippen LogP contribution is -2.54. The van der Waals surface area contributed by atoms with Gasteiger partial charge in [0.25, 0.3) is 23.6 Å². The quantitative estimate of drug-likeness (QED) is 0.162. The molecule has 19 heteroatoms. The van der Waals surface area contributed by atoms with E-state index in [0.717, 1.165) is 53.5 Å². The molecule has 4 aliphatic heterocycles. The van der Waals surface area contributed by atoms with E-state index in [9.17, 15) is 28.8 Å². The number of aromatic nitrogens is 2. The molecule has 65 heavy (non-hydrogen) atoms. The van der Waals surface area contributed by atoms with Crippen LogP contribution in [-0.4, -0.2) is 102 Å². The van der Waals surface area contributed by atoms with Crippen LogP contribution in [0, 0.1) is 11.7 Å². The Morgan fingerprint density at radius 2 is 1.68 bits per heavy atom. The fraction of sp³-hybridized carbons (Fsp3) is 0.391. The van der Waals surface area contributed by atoms with Gasteiger partial charge >= 0.3 is 5.92 Å². The molecule has 4 aromatic rings. The third-order valence-electron chi connectivity index (χ3n) is 13.1. The lowest BCUT2D eigenvalue weighted by atomic mass is 9.89. The third-order valence-corrected chi connectivity index (χ3v) is 13.1. The first-order valence-corrected chi connectivity index (χ1v) is 21.6. The zero-order valence-electron chi connectivity index (χ0n) is 35.7. The first-order chi connectivity index (χ1) is 31.2. The maximum absolute atomic E-state index is 15.7. The molecule has 0 bridgehead atoms. The molecule has 0 radical (unpaired) electrons. The van der Waals surface area contributed by atoms with Crippen molar-refractivity contribution in [1.82, 2.24) is 20.2 Å². The molecule has 9 rings (SSSR count). The summed E-state index contributed by atoms with van der Waals surface area (Å²) in [5.41, 5.74) is 2.55. The molecule has 2 saturated heterocycles. The van der Waals surface area contributed by atoms with E-state index in [1.165, 1.54) is 31.3 Å². The largest absolute Gasteiger partial charge is 0.495 e. The van der Waals surface area contributed by atoms with Gasteiger partial charge in [0, 0.05) is 44.4 Å². The number of carbonyl (C=O) groups is 6. The van der Waals surface area contributed by atoms with Crippen LogP contribution in [0.2, 0.25) is 0 Å². The van der Waals surface area contributed by atoms with Crippen molar-refractivity contribution in [2.24, 2.45) is 5.92 Å². The Kier molecular flexibility index (Phi) is 11.4. The molecule has 1 atom stereocenters. The van der Waals surface area contributed by atoms with Gasteiger partial charge in [-0.25, -0.2) is 9.37 Å². The van der Waals surface area contributed by atoms with Crippen molar-refractivity contribution < 1.29 is 46.7 Å². The van der Waals surface area contributed by atoms with Crippen LogP contribution in [0.4, 0.5) is 47.7 Å². The molecule has 1 aliphatic carbocycles. The fourth-order valence-corrected chi connectivity index (χ4v) is 9.61. The predicted octanol–water partition coefficient (Wildman–Crippen LogP) is 5.84. The number of imide groups is 2. The van der Waals surface area contributed by atoms with Crippen LogP contribution < -0.4 is 35.4 Å². The van der Waals surface area contributed by atoms with Crippen LogP contribution in [0.15, 0.2) is 60.8 Å². The SMILES string of the molecule is COc1cc(C(=O)Nc2ccc(CC3CCN(c4cccc5c4C(=O)N(C4CCC(=O)NC4=O)C5=O)CC3)cc2)c(F)cc1Nc1ncc2c(n1)N(C1CCCC1)CC(F)(F)C(=O)N2C. The number of methoxy groups -OCH3 is 1. The van der Waals surface area contributed by atoms with Crippen LogP contribution in [-0.2, 0) is 20.8 Å². The van der Waals surface area contributed by atoms with Gasteiger partial charge in [-0.2, -0.15) is 13.8 Å². The molecule has 3 aromatic carbocycles. The van der Waals surface area contributed by atoms with E-state index in [2.05, 4.69) is 30.8 Å². The first kappa shape index (κ1) is 43.2. The van der Waals surface area contributed by atoms with Gasteiger partial charge in [0.15, 0.2) is 5.82 Å². The molecule has 1 saturated carbocycles. The number of halogens is 3. The van der Waals surface area contributed by atoms with E-state index in [1.807, 2.05) is 18.2 Å². The average Bonchev–Trinajstić information content (AvgIpc) is 3.91. The zero-order chi connectivity index (χ0) is 45.7. The second-order valence-electron chi connectivity index (χ2n) is 17.1. The number of anilines is 6. The lowest BCUT2D eigenvalue weighted by molar-refractivity contribution is -0.140. The van der Waals surface area contributed by atoms with E-state index in [0.29, 0.717) is 43.2 Å². The van der Waals surface area contributed by atoms with E-state index in [4.69, 9.17) is 4.74 Å². The normalized spacial score (nSPS) is 20.1.